The number of benzene rings is 3. The van der Waals surface area contributed by atoms with E-state index in [1.165, 1.54) is 0 Å². The first-order chi connectivity index (χ1) is 13.3. The molecule has 3 rings (SSSR count). The minimum Gasteiger partial charge on any atom is -0.497 e. The number of methoxy groups -OCH3 is 1. The van der Waals surface area contributed by atoms with Gasteiger partial charge >= 0.3 is 0 Å². The van der Waals surface area contributed by atoms with Gasteiger partial charge < -0.3 is 4.74 Å². The Morgan fingerprint density at radius 2 is 1.37 bits per heavy atom. The van der Waals surface area contributed by atoms with Crippen LogP contribution in [0.15, 0.2) is 90.0 Å². The lowest BCUT2D eigenvalue weighted by atomic mass is 9.88. The van der Waals surface area contributed by atoms with Gasteiger partial charge in [0.25, 0.3) is 0 Å². The molecule has 0 radical (unpaired) electrons. The number of hydrogen-bond donors (Lipinski definition) is 0. The summed E-state index contributed by atoms with van der Waals surface area (Å²) in [7, 11) is 1.66. The maximum atomic E-state index is 8.71. The topological polar surface area (TPSA) is 58.0 Å². The fourth-order valence-corrected chi connectivity index (χ4v) is 3.14. The van der Waals surface area contributed by atoms with Crippen LogP contribution in [0.25, 0.3) is 21.6 Å². The Balaban J connectivity index is 2.22. The molecule has 0 saturated heterocycles. The molecule has 0 amide bonds. The first kappa shape index (κ1) is 18.3. The summed E-state index contributed by atoms with van der Waals surface area (Å²) in [6.45, 7) is 0.410. The molecule has 3 aromatic rings. The Bertz CT molecular complexity index is 942. The predicted molar refractivity (Wildman–Crippen MR) is 110 cm³/mol. The third kappa shape index (κ3) is 4.57. The van der Waals surface area contributed by atoms with E-state index < -0.39 is 0 Å². The van der Waals surface area contributed by atoms with Crippen LogP contribution in [0.3, 0.4) is 0 Å². The molecule has 0 N–H and O–H groups in total. The molecule has 0 spiro atoms. The second kappa shape index (κ2) is 9.27. The van der Waals surface area contributed by atoms with E-state index in [0.29, 0.717) is 13.0 Å². The molecule has 3 aromatic carbocycles. The van der Waals surface area contributed by atoms with Crippen molar-refractivity contribution in [1.82, 2.24) is 0 Å². The monoisotopic (exact) mass is 355 g/mol. The van der Waals surface area contributed by atoms with Crippen molar-refractivity contribution in [3.05, 3.63) is 112 Å². The van der Waals surface area contributed by atoms with Crippen molar-refractivity contribution in [2.45, 2.75) is 6.42 Å². The van der Waals surface area contributed by atoms with E-state index in [9.17, 15) is 0 Å². The van der Waals surface area contributed by atoms with Crippen molar-refractivity contribution < 1.29 is 4.74 Å². The van der Waals surface area contributed by atoms with Crippen LogP contribution in [0.4, 0.5) is 0 Å². The Hall–Kier alpha value is -3.49. The van der Waals surface area contributed by atoms with Crippen LogP contribution in [0.2, 0.25) is 0 Å². The van der Waals surface area contributed by atoms with Crippen molar-refractivity contribution in [3.8, 4) is 5.75 Å². The van der Waals surface area contributed by atoms with Gasteiger partial charge in [-0.15, -0.1) is 0 Å². The molecule has 0 saturated carbocycles. The molecule has 0 fully saturated rings. The first-order valence-corrected chi connectivity index (χ1v) is 8.82. The molecule has 0 atom stereocenters. The van der Waals surface area contributed by atoms with E-state index in [4.69, 9.17) is 10.3 Å². The van der Waals surface area contributed by atoms with E-state index in [-0.39, 0.29) is 0 Å². The second-order valence-corrected chi connectivity index (χ2v) is 6.02. The molecule has 27 heavy (non-hydrogen) atoms. The number of rotatable bonds is 7. The van der Waals surface area contributed by atoms with Gasteiger partial charge in [-0.2, -0.15) is 0 Å². The third-order valence-corrected chi connectivity index (χ3v) is 4.39. The van der Waals surface area contributed by atoms with Gasteiger partial charge in [0.15, 0.2) is 0 Å². The Morgan fingerprint density at radius 1 is 0.815 bits per heavy atom. The Labute approximate surface area is 159 Å². The highest BCUT2D eigenvalue weighted by Gasteiger charge is 2.14. The zero-order valence-electron chi connectivity index (χ0n) is 15.2. The van der Waals surface area contributed by atoms with Gasteiger partial charge in [-0.3, -0.25) is 0 Å². The zero-order valence-corrected chi connectivity index (χ0v) is 15.2. The molecule has 0 bridgehead atoms. The van der Waals surface area contributed by atoms with E-state index in [1.807, 2.05) is 48.5 Å². The Kier molecular flexibility index (Phi) is 6.29. The summed E-state index contributed by atoms with van der Waals surface area (Å²) >= 11 is 0. The minimum atomic E-state index is 0.410. The van der Waals surface area contributed by atoms with Gasteiger partial charge in [0.05, 0.1) is 7.11 Å². The molecule has 4 heteroatoms. The predicted octanol–water partition coefficient (Wildman–Crippen LogP) is 6.35. The minimum absolute atomic E-state index is 0.410. The number of ether oxygens (including phenoxy) is 1. The van der Waals surface area contributed by atoms with Crippen LogP contribution in [0.1, 0.15) is 23.1 Å². The van der Waals surface area contributed by atoms with Crippen LogP contribution in [0, 0.1) is 0 Å². The normalized spacial score (nSPS) is 11.3. The van der Waals surface area contributed by atoms with E-state index in [0.717, 1.165) is 33.6 Å². The lowest BCUT2D eigenvalue weighted by Gasteiger charge is -2.17. The van der Waals surface area contributed by atoms with Crippen LogP contribution >= 0.6 is 0 Å². The fraction of sp³-hybridized carbons (Fsp3) is 0.130. The highest BCUT2D eigenvalue weighted by atomic mass is 16.5. The lowest BCUT2D eigenvalue weighted by molar-refractivity contribution is 0.415. The fourth-order valence-electron chi connectivity index (χ4n) is 3.14. The quantitative estimate of drug-likeness (QED) is 0.211. The lowest BCUT2D eigenvalue weighted by Crippen LogP contribution is -1.97. The van der Waals surface area contributed by atoms with E-state index in [2.05, 4.69) is 46.4 Å². The maximum Gasteiger partial charge on any atom is 0.118 e. The van der Waals surface area contributed by atoms with Crippen molar-refractivity contribution in [2.24, 2.45) is 5.11 Å². The van der Waals surface area contributed by atoms with Crippen molar-refractivity contribution >= 4 is 11.1 Å². The summed E-state index contributed by atoms with van der Waals surface area (Å²) in [5.41, 5.74) is 14.3. The molecule has 0 aliphatic carbocycles. The summed E-state index contributed by atoms with van der Waals surface area (Å²) < 4.78 is 5.31. The molecule has 134 valence electrons. The second-order valence-electron chi connectivity index (χ2n) is 6.02. The molecular weight excluding hydrogens is 334 g/mol. The van der Waals surface area contributed by atoms with E-state index >= 15 is 0 Å². The Morgan fingerprint density at radius 3 is 1.93 bits per heavy atom. The molecular formula is C23H21N3O. The van der Waals surface area contributed by atoms with Gasteiger partial charge in [-0.05, 0) is 51.9 Å². The molecule has 0 aliphatic rings. The van der Waals surface area contributed by atoms with Gasteiger partial charge in [-0.1, -0.05) is 77.9 Å². The van der Waals surface area contributed by atoms with Crippen molar-refractivity contribution in [2.75, 3.05) is 13.7 Å². The first-order valence-electron chi connectivity index (χ1n) is 8.82. The maximum absolute atomic E-state index is 8.71. The van der Waals surface area contributed by atoms with Crippen molar-refractivity contribution in [3.63, 3.8) is 0 Å². The number of hydrogen-bond acceptors (Lipinski definition) is 2. The average molecular weight is 355 g/mol. The average Bonchev–Trinajstić information content (AvgIpc) is 2.75. The molecule has 0 heterocycles. The summed E-state index contributed by atoms with van der Waals surface area (Å²) in [5.74, 6) is 0.821. The molecule has 0 aliphatic heterocycles. The van der Waals surface area contributed by atoms with Crippen LogP contribution in [-0.2, 0) is 0 Å². The van der Waals surface area contributed by atoms with Gasteiger partial charge in [-0.25, -0.2) is 0 Å². The smallest absolute Gasteiger partial charge is 0.118 e. The van der Waals surface area contributed by atoms with Crippen LogP contribution in [-0.4, -0.2) is 13.7 Å². The summed E-state index contributed by atoms with van der Waals surface area (Å²) in [6, 6.07) is 28.6. The SMILES string of the molecule is COc1ccc(/C(=C(/CCN=[N+]=[N-])c2ccccc2)c2ccccc2)cc1. The summed E-state index contributed by atoms with van der Waals surface area (Å²) in [6.07, 6.45) is 0.657. The summed E-state index contributed by atoms with van der Waals surface area (Å²) in [5, 5.41) is 3.76. The highest BCUT2D eigenvalue weighted by Crippen LogP contribution is 2.35. The molecule has 0 unspecified atom stereocenters. The zero-order chi connectivity index (χ0) is 18.9. The largest absolute Gasteiger partial charge is 0.497 e. The van der Waals surface area contributed by atoms with Crippen LogP contribution in [0.5, 0.6) is 5.75 Å². The highest BCUT2D eigenvalue weighted by molar-refractivity contribution is 5.98. The van der Waals surface area contributed by atoms with Crippen LogP contribution < -0.4 is 4.74 Å². The summed E-state index contributed by atoms with van der Waals surface area (Å²) in [4.78, 5) is 2.91. The molecule has 0 aromatic heterocycles. The standard InChI is InChI=1S/C23H21N3O/c1-27-21-14-12-20(13-15-21)23(19-10-6-3-7-11-19)22(16-17-25-26-24)18-8-4-2-5-9-18/h2-15H,16-17H2,1H3/b23-22-. The third-order valence-electron chi connectivity index (χ3n) is 4.39. The van der Waals surface area contributed by atoms with Gasteiger partial charge in [0, 0.05) is 11.5 Å². The van der Waals surface area contributed by atoms with E-state index in [1.54, 1.807) is 7.11 Å². The molecule has 4 nitrogen and oxygen atoms in total. The number of azide groups is 1. The van der Waals surface area contributed by atoms with Gasteiger partial charge in [0.1, 0.15) is 5.75 Å². The number of nitrogens with zero attached hydrogens (tertiary/aromatic N) is 3. The van der Waals surface area contributed by atoms with Gasteiger partial charge in [0.2, 0.25) is 0 Å². The van der Waals surface area contributed by atoms with Crippen molar-refractivity contribution in [1.29, 1.82) is 0 Å².